The largest absolute Gasteiger partial charge is 1.00 e. The molecule has 0 aliphatic heterocycles. The van der Waals surface area contributed by atoms with E-state index in [9.17, 15) is 0 Å². The van der Waals surface area contributed by atoms with E-state index in [2.05, 4.69) is 0 Å². The van der Waals surface area contributed by atoms with Crippen molar-refractivity contribution in [3.63, 3.8) is 0 Å². The first-order valence-corrected chi connectivity index (χ1v) is 0.928. The Balaban J connectivity index is -0.0000000150. The van der Waals surface area contributed by atoms with Gasteiger partial charge >= 0.3 is 51.4 Å². The molecule has 0 heterocycles. The van der Waals surface area contributed by atoms with Crippen molar-refractivity contribution in [1.82, 2.24) is 0 Å². The van der Waals surface area contributed by atoms with Gasteiger partial charge in [0.2, 0.25) is 0 Å². The van der Waals surface area contributed by atoms with Gasteiger partial charge in [0.1, 0.15) is 0 Å². The van der Waals surface area contributed by atoms with Crippen LogP contribution in [0.4, 0.5) is 0 Å². The van der Waals surface area contributed by atoms with E-state index in [1.54, 1.807) is 0 Å². The van der Waals surface area contributed by atoms with E-state index in [1.807, 2.05) is 0 Å². The van der Waals surface area contributed by atoms with Crippen LogP contribution in [0.15, 0.2) is 0 Å². The zero-order valence-corrected chi connectivity index (χ0v) is 9.22. The topological polar surface area (TPSA) is 37.3 Å². The Morgan fingerprint density at radius 1 is 1.83 bits per heavy atom. The first kappa shape index (κ1) is 15.7. The Morgan fingerprint density at radius 2 is 1.83 bits per heavy atom. The molecule has 0 unspecified atom stereocenters. The Labute approximate surface area is 97.6 Å². The zero-order chi connectivity index (χ0) is 3.58. The number of carboxylic acids is 1. The summed E-state index contributed by atoms with van der Waals surface area (Å²) in [7, 11) is 0. The summed E-state index contributed by atoms with van der Waals surface area (Å²) in [5, 5.41) is 7.42. The second-order valence-electron chi connectivity index (χ2n) is 0.519. The predicted molar refractivity (Wildman–Crippen MR) is 29.8 cm³/mol. The molecule has 0 saturated carbocycles. The summed E-state index contributed by atoms with van der Waals surface area (Å²) in [5.41, 5.74) is 0. The van der Waals surface area contributed by atoms with Crippen LogP contribution in [-0.4, -0.2) is 11.1 Å². The van der Waals surface area contributed by atoms with Gasteiger partial charge in [0, 0.05) is 6.92 Å². The van der Waals surface area contributed by atoms with Crippen LogP contribution >= 0.6 is 24.0 Å². The number of hydrogen-bond donors (Lipinski definition) is 1. The van der Waals surface area contributed by atoms with E-state index < -0.39 is 5.97 Å². The van der Waals surface area contributed by atoms with Crippen LogP contribution in [0.25, 0.3) is 0 Å². The minimum absolute atomic E-state index is 0. The molecule has 0 amide bonds. The van der Waals surface area contributed by atoms with Crippen LogP contribution in [0.1, 0.15) is 8.35 Å². The van der Waals surface area contributed by atoms with E-state index >= 15 is 0 Å². The summed E-state index contributed by atoms with van der Waals surface area (Å²) in [6, 6.07) is 0. The Morgan fingerprint density at radius 3 is 1.83 bits per heavy atom. The van der Waals surface area contributed by atoms with Crippen LogP contribution < -0.4 is 51.4 Å². The van der Waals surface area contributed by atoms with Crippen molar-refractivity contribution in [1.29, 1.82) is 0 Å². The summed E-state index contributed by atoms with van der Waals surface area (Å²) in [6.45, 7) is 1.08. The standard InChI is InChI=1S/C2H4O2.HI.K.H/c1-2(3)4;;;/h1H3,(H,3,4);1H;;/q;;+1;-1. The molecule has 0 aromatic carbocycles. The third kappa shape index (κ3) is 40.5. The quantitative estimate of drug-likeness (QED) is 0.378. The molecule has 0 aliphatic carbocycles. The molecule has 0 aliphatic rings. The third-order valence-electron chi connectivity index (χ3n) is 0. The van der Waals surface area contributed by atoms with E-state index in [0.29, 0.717) is 0 Å². The number of hydrogen-bond acceptors (Lipinski definition) is 1. The number of carboxylic acid groups (broad SMARTS) is 1. The molecule has 0 aromatic rings. The smallest absolute Gasteiger partial charge is 1.00 e. The zero-order valence-electron chi connectivity index (χ0n) is 4.76. The number of carbonyl (C=O) groups is 1. The van der Waals surface area contributed by atoms with Gasteiger partial charge in [0.05, 0.1) is 0 Å². The SMILES string of the molecule is CC(=O)O.I.[H-].[K+]. The van der Waals surface area contributed by atoms with Gasteiger partial charge in [-0.1, -0.05) is 0 Å². The molecule has 0 radical (unpaired) electrons. The van der Waals surface area contributed by atoms with Crippen molar-refractivity contribution in [3.8, 4) is 0 Å². The number of rotatable bonds is 0. The first-order valence-electron chi connectivity index (χ1n) is 0.928. The minimum Gasteiger partial charge on any atom is -1.00 e. The van der Waals surface area contributed by atoms with E-state index in [1.165, 1.54) is 0 Å². The molecule has 1 N–H and O–H groups in total. The van der Waals surface area contributed by atoms with Crippen molar-refractivity contribution in [3.05, 3.63) is 0 Å². The summed E-state index contributed by atoms with van der Waals surface area (Å²) >= 11 is 0. The van der Waals surface area contributed by atoms with Gasteiger partial charge in [0.25, 0.3) is 5.97 Å². The van der Waals surface area contributed by atoms with Crippen molar-refractivity contribution >= 4 is 29.9 Å². The van der Waals surface area contributed by atoms with E-state index in [0.717, 1.165) is 6.92 Å². The average molecular weight is 228 g/mol. The Bertz CT molecular complexity index is 38.7. The average Bonchev–Trinajstić information content (AvgIpc) is 0.811. The van der Waals surface area contributed by atoms with Gasteiger partial charge in [-0.2, -0.15) is 0 Å². The molecule has 0 rings (SSSR count). The Hall–Kier alpha value is 1.84. The maximum atomic E-state index is 9.00. The van der Waals surface area contributed by atoms with E-state index in [4.69, 9.17) is 9.90 Å². The normalized spacial score (nSPS) is 4.17. The van der Waals surface area contributed by atoms with Crippen LogP contribution in [-0.2, 0) is 4.79 Å². The molecule has 4 heteroatoms. The van der Waals surface area contributed by atoms with Gasteiger partial charge in [-0.25, -0.2) is 0 Å². The molecule has 0 fully saturated rings. The minimum atomic E-state index is -0.833. The summed E-state index contributed by atoms with van der Waals surface area (Å²) < 4.78 is 0. The molecule has 0 atom stereocenters. The molecule has 2 nitrogen and oxygen atoms in total. The fraction of sp³-hybridized carbons (Fsp3) is 0.500. The molecule has 0 saturated heterocycles. The molecule has 0 aromatic heterocycles. The maximum Gasteiger partial charge on any atom is 1.00 e. The number of aliphatic carboxylic acids is 1. The van der Waals surface area contributed by atoms with Gasteiger partial charge in [-0.15, -0.1) is 24.0 Å². The van der Waals surface area contributed by atoms with Crippen molar-refractivity contribution < 1.29 is 62.7 Å². The Kier molecular flexibility index (Phi) is 26.0. The molecule has 0 bridgehead atoms. The second-order valence-corrected chi connectivity index (χ2v) is 0.519. The fourth-order valence-corrected chi connectivity index (χ4v) is 0. The van der Waals surface area contributed by atoms with Crippen LogP contribution in [0, 0.1) is 0 Å². The molecular formula is C2H6IKO2. The van der Waals surface area contributed by atoms with Crippen LogP contribution in [0.3, 0.4) is 0 Å². The van der Waals surface area contributed by atoms with Gasteiger partial charge in [-0.3, -0.25) is 4.79 Å². The van der Waals surface area contributed by atoms with Crippen molar-refractivity contribution in [2.75, 3.05) is 0 Å². The van der Waals surface area contributed by atoms with Crippen LogP contribution in [0.5, 0.6) is 0 Å². The van der Waals surface area contributed by atoms with Gasteiger partial charge in [0.15, 0.2) is 0 Å². The maximum absolute atomic E-state index is 9.00. The van der Waals surface area contributed by atoms with Gasteiger partial charge < -0.3 is 6.53 Å². The summed E-state index contributed by atoms with van der Waals surface area (Å²) in [5.74, 6) is -0.833. The third-order valence-corrected chi connectivity index (χ3v) is 0. The monoisotopic (exact) mass is 228 g/mol. The molecular weight excluding hydrogens is 222 g/mol. The second kappa shape index (κ2) is 9.96. The molecule has 6 heavy (non-hydrogen) atoms. The molecule has 34 valence electrons. The predicted octanol–water partition coefficient (Wildman–Crippen LogP) is -2.17. The van der Waals surface area contributed by atoms with Crippen molar-refractivity contribution in [2.45, 2.75) is 6.92 Å². The number of halogens is 1. The fourth-order valence-electron chi connectivity index (χ4n) is 0. The van der Waals surface area contributed by atoms with E-state index in [-0.39, 0.29) is 76.8 Å². The summed E-state index contributed by atoms with van der Waals surface area (Å²) in [6.07, 6.45) is 0. The van der Waals surface area contributed by atoms with Crippen LogP contribution in [0.2, 0.25) is 0 Å². The van der Waals surface area contributed by atoms with Crippen molar-refractivity contribution in [2.24, 2.45) is 0 Å². The molecule has 0 spiro atoms. The van der Waals surface area contributed by atoms with Gasteiger partial charge in [-0.05, 0) is 0 Å². The first-order chi connectivity index (χ1) is 1.73. The summed E-state index contributed by atoms with van der Waals surface area (Å²) in [4.78, 5) is 9.00.